The molecule has 3 nitrogen and oxygen atoms in total. The number of hydrogen-bond donors (Lipinski definition) is 1. The SMILES string of the molecule is [C]1=CC=NON1. The Hall–Kier alpha value is -0.990. The van der Waals surface area contributed by atoms with Crippen molar-refractivity contribution in [2.45, 2.75) is 0 Å². The van der Waals surface area contributed by atoms with Crippen LogP contribution in [0.2, 0.25) is 0 Å². The Bertz CT molecular complexity index is 74.8. The molecule has 1 aliphatic heterocycles. The Morgan fingerprint density at radius 1 is 1.83 bits per heavy atom. The molecule has 0 aromatic carbocycles. The van der Waals surface area contributed by atoms with Crippen molar-refractivity contribution in [1.29, 1.82) is 0 Å². The Morgan fingerprint density at radius 2 is 2.83 bits per heavy atom. The van der Waals surface area contributed by atoms with Crippen LogP contribution in [0, 0.1) is 6.20 Å². The number of nitrogens with zero attached hydrogens (tertiary/aromatic N) is 1. The van der Waals surface area contributed by atoms with Crippen molar-refractivity contribution in [1.82, 2.24) is 5.48 Å². The van der Waals surface area contributed by atoms with Crippen molar-refractivity contribution in [2.24, 2.45) is 5.16 Å². The lowest BCUT2D eigenvalue weighted by molar-refractivity contribution is 0.0711. The van der Waals surface area contributed by atoms with Crippen LogP contribution >= 0.6 is 0 Å². The Kier molecular flexibility index (Phi) is 0.774. The summed E-state index contributed by atoms with van der Waals surface area (Å²) in [4.78, 5) is 4.25. The minimum atomic E-state index is 1.50. The lowest BCUT2D eigenvalue weighted by Gasteiger charge is -1.93. The Balaban J connectivity index is 2.46. The number of hydrogen-bond acceptors (Lipinski definition) is 3. The van der Waals surface area contributed by atoms with Crippen LogP contribution in [-0.2, 0) is 4.94 Å². The van der Waals surface area contributed by atoms with Crippen LogP contribution in [-0.4, -0.2) is 6.21 Å². The van der Waals surface area contributed by atoms with Gasteiger partial charge in [-0.2, -0.15) is 5.48 Å². The van der Waals surface area contributed by atoms with Gasteiger partial charge in [0.15, 0.2) is 0 Å². The maximum atomic E-state index is 4.25. The highest BCUT2D eigenvalue weighted by Gasteiger charge is 1.75. The first-order valence-corrected chi connectivity index (χ1v) is 1.52. The normalized spacial score (nSPS) is 16.0. The van der Waals surface area contributed by atoms with Gasteiger partial charge in [-0.1, -0.05) is 5.16 Å². The van der Waals surface area contributed by atoms with E-state index < -0.39 is 0 Å². The van der Waals surface area contributed by atoms with Gasteiger partial charge in [-0.3, -0.25) is 4.94 Å². The molecule has 1 heterocycles. The van der Waals surface area contributed by atoms with Crippen LogP contribution in [0.15, 0.2) is 11.2 Å². The standard InChI is InChI=1S/C3H3N2O/c1-2-4-6-5-3-1/h1-2,5H. The van der Waals surface area contributed by atoms with Crippen LogP contribution < -0.4 is 5.48 Å². The zero-order valence-corrected chi connectivity index (χ0v) is 3.01. The fourth-order valence-corrected chi connectivity index (χ4v) is 0.185. The summed E-state index contributed by atoms with van der Waals surface area (Å²) in [5.41, 5.74) is 2.28. The molecule has 0 aliphatic carbocycles. The van der Waals surface area contributed by atoms with Gasteiger partial charge in [0.2, 0.25) is 0 Å². The zero-order valence-electron chi connectivity index (χ0n) is 3.01. The summed E-state index contributed by atoms with van der Waals surface area (Å²) in [7, 11) is 0. The van der Waals surface area contributed by atoms with Gasteiger partial charge in [0.25, 0.3) is 0 Å². The second-order valence-corrected chi connectivity index (χ2v) is 0.759. The average molecular weight is 83.1 g/mol. The zero-order chi connectivity index (χ0) is 4.24. The fraction of sp³-hybridized carbons (Fsp3) is 0. The van der Waals surface area contributed by atoms with Crippen LogP contribution in [0.5, 0.6) is 0 Å². The molecule has 1 rings (SSSR count). The van der Waals surface area contributed by atoms with Gasteiger partial charge in [-0.05, 0) is 6.08 Å². The van der Waals surface area contributed by atoms with Crippen LogP contribution in [0.3, 0.4) is 0 Å². The van der Waals surface area contributed by atoms with E-state index in [0.717, 1.165) is 0 Å². The van der Waals surface area contributed by atoms with Crippen LogP contribution in [0.4, 0.5) is 0 Å². The first kappa shape index (κ1) is 3.21. The molecule has 31 valence electrons. The molecule has 0 aromatic rings. The maximum absolute atomic E-state index is 4.25. The number of rotatable bonds is 0. The van der Waals surface area contributed by atoms with Gasteiger partial charge < -0.3 is 0 Å². The molecular weight excluding hydrogens is 80.0 g/mol. The number of allylic oxidation sites excluding steroid dienone is 1. The summed E-state index contributed by atoms with van der Waals surface area (Å²) in [6.45, 7) is 0. The highest BCUT2D eigenvalue weighted by molar-refractivity contribution is 5.69. The smallest absolute Gasteiger partial charge is 0.102 e. The first-order chi connectivity index (χ1) is 3.00. The third kappa shape index (κ3) is 0.484. The van der Waals surface area contributed by atoms with Crippen molar-refractivity contribution in [3.8, 4) is 0 Å². The molecule has 1 N–H and O–H groups in total. The molecule has 0 atom stereocenters. The van der Waals surface area contributed by atoms with E-state index in [4.69, 9.17) is 0 Å². The summed E-state index contributed by atoms with van der Waals surface area (Å²) < 4.78 is 0. The van der Waals surface area contributed by atoms with E-state index in [2.05, 4.69) is 21.8 Å². The van der Waals surface area contributed by atoms with Gasteiger partial charge in [0.1, 0.15) is 6.20 Å². The molecule has 0 amide bonds. The van der Waals surface area contributed by atoms with Gasteiger partial charge in [-0.25, -0.2) is 0 Å². The van der Waals surface area contributed by atoms with E-state index in [1.165, 1.54) is 6.21 Å². The lowest BCUT2D eigenvalue weighted by Crippen LogP contribution is -2.04. The highest BCUT2D eigenvalue weighted by Crippen LogP contribution is 1.72. The van der Waals surface area contributed by atoms with Gasteiger partial charge in [0, 0.05) is 0 Å². The molecule has 0 unspecified atom stereocenters. The van der Waals surface area contributed by atoms with Crippen molar-refractivity contribution in [2.75, 3.05) is 0 Å². The predicted molar refractivity (Wildman–Crippen MR) is 20.5 cm³/mol. The second-order valence-electron chi connectivity index (χ2n) is 0.759. The van der Waals surface area contributed by atoms with E-state index in [1.54, 1.807) is 6.08 Å². The molecule has 1 radical (unpaired) electrons. The minimum absolute atomic E-state index is 1.50. The third-order valence-electron chi connectivity index (χ3n) is 0.376. The summed E-state index contributed by atoms with van der Waals surface area (Å²) in [5.74, 6) is 0. The average Bonchev–Trinajstić information content (AvgIpc) is 1.72. The minimum Gasteiger partial charge on any atom is -0.271 e. The third-order valence-corrected chi connectivity index (χ3v) is 0.376. The van der Waals surface area contributed by atoms with E-state index in [-0.39, 0.29) is 0 Å². The number of nitrogens with one attached hydrogen (secondary N) is 1. The molecule has 1 aliphatic rings. The molecule has 6 heavy (non-hydrogen) atoms. The molecule has 3 heteroatoms. The van der Waals surface area contributed by atoms with E-state index in [0.29, 0.717) is 0 Å². The summed E-state index contributed by atoms with van der Waals surface area (Å²) in [6.07, 6.45) is 5.65. The largest absolute Gasteiger partial charge is 0.271 e. The monoisotopic (exact) mass is 83.0 g/mol. The molecular formula is C3H3N2O. The summed E-state index contributed by atoms with van der Waals surface area (Å²) in [6, 6.07) is 0. The second kappa shape index (κ2) is 1.45. The quantitative estimate of drug-likeness (QED) is 0.441. The first-order valence-electron chi connectivity index (χ1n) is 1.52. The van der Waals surface area contributed by atoms with Gasteiger partial charge >= 0.3 is 0 Å². The maximum Gasteiger partial charge on any atom is 0.102 e. The summed E-state index contributed by atoms with van der Waals surface area (Å²) >= 11 is 0. The molecule has 0 saturated heterocycles. The van der Waals surface area contributed by atoms with Crippen molar-refractivity contribution in [3.63, 3.8) is 0 Å². The highest BCUT2D eigenvalue weighted by atomic mass is 16.8. The molecule has 0 bridgehead atoms. The molecule has 0 aromatic heterocycles. The van der Waals surface area contributed by atoms with Crippen LogP contribution in [0.1, 0.15) is 0 Å². The fourth-order valence-electron chi connectivity index (χ4n) is 0.185. The molecule has 0 fully saturated rings. The van der Waals surface area contributed by atoms with Crippen molar-refractivity contribution < 1.29 is 4.94 Å². The van der Waals surface area contributed by atoms with Crippen LogP contribution in [0.25, 0.3) is 0 Å². The Morgan fingerprint density at radius 3 is 3.00 bits per heavy atom. The van der Waals surface area contributed by atoms with E-state index in [9.17, 15) is 0 Å². The number of oxime groups is 1. The number of hydroxylamine groups is 1. The van der Waals surface area contributed by atoms with Gasteiger partial charge in [0.05, 0.1) is 6.21 Å². The topological polar surface area (TPSA) is 33.6 Å². The van der Waals surface area contributed by atoms with E-state index >= 15 is 0 Å². The predicted octanol–water partition coefficient (Wildman–Crippen LogP) is -0.176. The van der Waals surface area contributed by atoms with Gasteiger partial charge in [-0.15, -0.1) is 0 Å². The van der Waals surface area contributed by atoms with Crippen molar-refractivity contribution in [3.05, 3.63) is 12.3 Å². The summed E-state index contributed by atoms with van der Waals surface area (Å²) in [5, 5.41) is 3.32. The van der Waals surface area contributed by atoms with Crippen molar-refractivity contribution >= 4 is 6.21 Å². The van der Waals surface area contributed by atoms with E-state index in [1.807, 2.05) is 0 Å². The Labute approximate surface area is 35.2 Å². The molecule has 0 saturated carbocycles. The molecule has 0 spiro atoms. The lowest BCUT2D eigenvalue weighted by atomic mass is 10.7.